The van der Waals surface area contributed by atoms with Crippen LogP contribution in [-0.2, 0) is 25.4 Å². The van der Waals surface area contributed by atoms with Crippen molar-refractivity contribution >= 4 is 0 Å². The molecule has 0 spiro atoms. The predicted octanol–water partition coefficient (Wildman–Crippen LogP) is 10.3. The highest BCUT2D eigenvalue weighted by Gasteiger charge is 2.35. The molecule has 0 fully saturated rings. The van der Waals surface area contributed by atoms with Gasteiger partial charge in [-0.25, -0.2) is 39.3 Å². The molecule has 20 heteroatoms. The molecule has 6 aromatic heterocycles. The van der Waals surface area contributed by atoms with E-state index < -0.39 is 23.5 Å². The summed E-state index contributed by atoms with van der Waals surface area (Å²) in [4.78, 5) is 27.2. The second-order valence-corrected chi connectivity index (χ2v) is 16.9. The first kappa shape index (κ1) is 45.8. The predicted molar refractivity (Wildman–Crippen MR) is 238 cm³/mol. The largest absolute Gasteiger partial charge is 0.479 e. The molecule has 0 unspecified atom stereocenters. The van der Waals surface area contributed by atoms with Crippen molar-refractivity contribution in [1.29, 1.82) is 0 Å². The highest BCUT2D eigenvalue weighted by Crippen LogP contribution is 2.42. The summed E-state index contributed by atoms with van der Waals surface area (Å²) in [5, 5.41) is 9.29. The number of benzene rings is 2. The number of aromatic nitrogens is 12. The Morgan fingerprint density at radius 1 is 0.529 bits per heavy atom. The molecular formula is C48H46F6N12O2. The Hall–Kier alpha value is -7.38. The zero-order valence-electron chi connectivity index (χ0n) is 37.8. The molecule has 8 heterocycles. The van der Waals surface area contributed by atoms with Crippen molar-refractivity contribution in [2.75, 3.05) is 14.2 Å². The average Bonchev–Trinajstić information content (AvgIpc) is 4.16. The van der Waals surface area contributed by atoms with E-state index >= 15 is 0 Å². The SMILES string of the molecule is COc1nc(-c2nc3n(n2)CC[C@@H](c2ccc(C(F)(F)F)cc2)[C@@H]3C)ccc1-n1cnc(C)c1.COc1nc(-c2nc3n(n2)CC[C@H](c2ccc(C(F)(F)F)cc2)[C@H]3C)ccc1-n1cnc(C)c1. The van der Waals surface area contributed by atoms with Gasteiger partial charge in [0, 0.05) is 37.3 Å². The highest BCUT2D eigenvalue weighted by atomic mass is 19.4. The zero-order valence-corrected chi connectivity index (χ0v) is 37.8. The number of halogens is 6. The van der Waals surface area contributed by atoms with Gasteiger partial charge >= 0.3 is 12.4 Å². The topological polar surface area (TPSA) is 141 Å². The summed E-state index contributed by atoms with van der Waals surface area (Å²) in [5.74, 6) is 3.51. The normalized spacial score (nSPS) is 18.1. The van der Waals surface area contributed by atoms with Crippen molar-refractivity contribution in [3.8, 4) is 46.2 Å². The van der Waals surface area contributed by atoms with Gasteiger partial charge in [0.1, 0.15) is 34.4 Å². The minimum Gasteiger partial charge on any atom is -0.479 e. The number of alkyl halides is 6. The summed E-state index contributed by atoms with van der Waals surface area (Å²) in [5.41, 5.74) is 4.90. The Morgan fingerprint density at radius 2 is 0.912 bits per heavy atom. The second kappa shape index (κ2) is 18.0. The highest BCUT2D eigenvalue weighted by molar-refractivity contribution is 5.57. The minimum absolute atomic E-state index is 0.0122. The molecule has 8 aromatic rings. The molecule has 0 N–H and O–H groups in total. The third-order valence-corrected chi connectivity index (χ3v) is 12.6. The molecule has 2 aliphatic rings. The number of fused-ring (bicyclic) bond motifs is 2. The molecule has 14 nitrogen and oxygen atoms in total. The van der Waals surface area contributed by atoms with Crippen LogP contribution in [-0.4, -0.2) is 72.8 Å². The fraction of sp³-hybridized carbons (Fsp3) is 0.333. The smallest absolute Gasteiger partial charge is 0.416 e. The maximum Gasteiger partial charge on any atom is 0.416 e. The van der Waals surface area contributed by atoms with Crippen molar-refractivity contribution < 1.29 is 35.8 Å². The van der Waals surface area contributed by atoms with Gasteiger partial charge in [0.2, 0.25) is 11.8 Å². The summed E-state index contributed by atoms with van der Waals surface area (Å²) >= 11 is 0. The number of hydrogen-bond donors (Lipinski definition) is 0. The molecular weight excluding hydrogens is 891 g/mol. The van der Waals surface area contributed by atoms with Crippen molar-refractivity contribution in [2.24, 2.45) is 0 Å². The van der Waals surface area contributed by atoms with Crippen LogP contribution in [0.15, 0.2) is 97.8 Å². The fourth-order valence-corrected chi connectivity index (χ4v) is 8.97. The third kappa shape index (κ3) is 9.05. The van der Waals surface area contributed by atoms with Gasteiger partial charge in [0.15, 0.2) is 11.6 Å². The molecule has 10 rings (SSSR count). The number of ether oxygens (including phenoxy) is 2. The first-order valence-electron chi connectivity index (χ1n) is 21.9. The Bertz CT molecular complexity index is 2860. The van der Waals surface area contributed by atoms with Gasteiger partial charge in [-0.2, -0.15) is 26.3 Å². The Morgan fingerprint density at radius 3 is 1.24 bits per heavy atom. The average molecular weight is 937 g/mol. The first-order valence-corrected chi connectivity index (χ1v) is 21.9. The second-order valence-electron chi connectivity index (χ2n) is 16.9. The van der Waals surface area contributed by atoms with Crippen LogP contribution >= 0.6 is 0 Å². The van der Waals surface area contributed by atoms with Crippen molar-refractivity contribution in [1.82, 2.24) is 58.6 Å². The summed E-state index contributed by atoms with van der Waals surface area (Å²) in [7, 11) is 3.11. The number of methoxy groups -OCH3 is 2. The van der Waals surface area contributed by atoms with Gasteiger partial charge in [-0.3, -0.25) is 0 Å². The number of nitrogens with zero attached hydrogens (tertiary/aromatic N) is 12. The molecule has 0 amide bonds. The van der Waals surface area contributed by atoms with Crippen molar-refractivity contribution in [2.45, 2.75) is 89.7 Å². The Balaban J connectivity index is 0.000000170. The van der Waals surface area contributed by atoms with Gasteiger partial charge in [-0.1, -0.05) is 38.1 Å². The maximum absolute atomic E-state index is 12.9. The lowest BCUT2D eigenvalue weighted by Gasteiger charge is -2.29. The van der Waals surface area contributed by atoms with Crippen molar-refractivity contribution in [3.63, 3.8) is 0 Å². The van der Waals surface area contributed by atoms with Crippen LogP contribution in [0.4, 0.5) is 26.3 Å². The van der Waals surface area contributed by atoms with E-state index in [1.807, 2.05) is 82.9 Å². The van der Waals surface area contributed by atoms with Gasteiger partial charge in [-0.05, 0) is 98.2 Å². The van der Waals surface area contributed by atoms with E-state index in [1.165, 1.54) is 0 Å². The van der Waals surface area contributed by atoms with Gasteiger partial charge in [0.05, 0.1) is 49.4 Å². The summed E-state index contributed by atoms with van der Waals surface area (Å²) in [6.45, 7) is 9.13. The molecule has 0 saturated carbocycles. The number of pyridine rings is 2. The quantitative estimate of drug-likeness (QED) is 0.135. The van der Waals surface area contributed by atoms with E-state index in [4.69, 9.17) is 19.4 Å². The number of aryl methyl sites for hydroxylation is 4. The zero-order chi connectivity index (χ0) is 48.1. The van der Waals surface area contributed by atoms with Crippen LogP contribution in [0.1, 0.15) is 95.7 Å². The van der Waals surface area contributed by atoms with Gasteiger partial charge in [0.25, 0.3) is 0 Å². The van der Waals surface area contributed by atoms with E-state index in [0.29, 0.717) is 47.9 Å². The van der Waals surface area contributed by atoms with E-state index in [0.717, 1.165) is 82.6 Å². The molecule has 2 aliphatic heterocycles. The first-order chi connectivity index (χ1) is 32.5. The van der Waals surface area contributed by atoms with E-state index in [-0.39, 0.29) is 23.7 Å². The maximum atomic E-state index is 12.9. The van der Waals surface area contributed by atoms with Crippen molar-refractivity contribution in [3.05, 3.63) is 143 Å². The number of rotatable bonds is 8. The standard InChI is InChI=1S/2C24H23F3N6O/c2*1-14-12-32(13-28-14)20-9-8-19(29-23(20)34-3)21-30-22-15(2)18(10-11-33(22)31-21)16-4-6-17(7-5-16)24(25,26)27/h2*4-9,12-13,15,18H,10-11H2,1-3H3/t2*15-,18+/m10/s1. The monoisotopic (exact) mass is 936 g/mol. The van der Waals surface area contributed by atoms with Gasteiger partial charge < -0.3 is 18.6 Å². The van der Waals surface area contributed by atoms with Crippen LogP contribution in [0.2, 0.25) is 0 Å². The number of imidazole rings is 2. The Kier molecular flexibility index (Phi) is 12.1. The van der Waals surface area contributed by atoms with Gasteiger partial charge in [-0.15, -0.1) is 10.2 Å². The Labute approximate surface area is 386 Å². The van der Waals surface area contributed by atoms with Crippen LogP contribution in [0.3, 0.4) is 0 Å². The summed E-state index contributed by atoms with van der Waals surface area (Å²) in [6.07, 6.45) is 0.0101. The van der Waals surface area contributed by atoms with Crippen LogP contribution in [0.5, 0.6) is 11.8 Å². The molecule has 4 atom stereocenters. The minimum atomic E-state index is -4.34. The van der Waals surface area contributed by atoms with Crippen LogP contribution < -0.4 is 9.47 Å². The molecule has 0 radical (unpaired) electrons. The lowest BCUT2D eigenvalue weighted by Crippen LogP contribution is -2.22. The molecule has 2 aromatic carbocycles. The van der Waals surface area contributed by atoms with E-state index in [1.54, 1.807) is 51.1 Å². The third-order valence-electron chi connectivity index (χ3n) is 12.6. The fourth-order valence-electron chi connectivity index (χ4n) is 8.97. The lowest BCUT2D eigenvalue weighted by atomic mass is 9.82. The molecule has 68 heavy (non-hydrogen) atoms. The van der Waals surface area contributed by atoms with Crippen LogP contribution in [0.25, 0.3) is 34.4 Å². The lowest BCUT2D eigenvalue weighted by molar-refractivity contribution is -0.138. The number of hydrogen-bond acceptors (Lipinski definition) is 10. The van der Waals surface area contributed by atoms with Crippen LogP contribution in [0, 0.1) is 13.8 Å². The molecule has 0 aliphatic carbocycles. The summed E-state index contributed by atoms with van der Waals surface area (Å²) in [6, 6.07) is 18.3. The summed E-state index contributed by atoms with van der Waals surface area (Å²) < 4.78 is 96.0. The van der Waals surface area contributed by atoms with E-state index in [9.17, 15) is 26.3 Å². The van der Waals surface area contributed by atoms with E-state index in [2.05, 4.69) is 30.1 Å². The molecule has 352 valence electrons. The molecule has 0 bridgehead atoms. The molecule has 0 saturated heterocycles.